The van der Waals surface area contributed by atoms with E-state index in [2.05, 4.69) is 11.9 Å². The lowest BCUT2D eigenvalue weighted by atomic mass is 9.76. The van der Waals surface area contributed by atoms with Gasteiger partial charge in [0, 0.05) is 23.5 Å². The van der Waals surface area contributed by atoms with Gasteiger partial charge in [-0.25, -0.2) is 4.79 Å². The van der Waals surface area contributed by atoms with Gasteiger partial charge in [0.05, 0.1) is 10.4 Å². The summed E-state index contributed by atoms with van der Waals surface area (Å²) in [5.74, 6) is -0.654. The van der Waals surface area contributed by atoms with Crippen LogP contribution in [0, 0.1) is 5.92 Å². The van der Waals surface area contributed by atoms with Gasteiger partial charge in [0.1, 0.15) is 0 Å². The molecule has 3 unspecified atom stereocenters. The second-order valence-corrected chi connectivity index (χ2v) is 7.51. The van der Waals surface area contributed by atoms with E-state index >= 15 is 0 Å². The lowest BCUT2D eigenvalue weighted by Crippen LogP contribution is -2.46. The quantitative estimate of drug-likeness (QED) is 0.794. The number of halogens is 2. The minimum absolute atomic E-state index is 0.225. The molecule has 3 aliphatic rings. The van der Waals surface area contributed by atoms with E-state index in [1.807, 2.05) is 0 Å². The van der Waals surface area contributed by atoms with Crippen LogP contribution in [0.1, 0.15) is 32.1 Å². The number of carbonyl (C=O) groups is 1. The molecule has 2 aliphatic heterocycles. The minimum Gasteiger partial charge on any atom is -0.478 e. The van der Waals surface area contributed by atoms with Crippen LogP contribution in [-0.2, 0) is 4.79 Å². The van der Waals surface area contributed by atoms with Crippen molar-refractivity contribution in [1.29, 1.82) is 0 Å². The SMILES string of the molecule is CN1C2CCC1CC(C1(Cl)C=C(C(=O)O)C=C(Cl)C1)C2. The van der Waals surface area contributed by atoms with Crippen molar-refractivity contribution in [2.75, 3.05) is 7.05 Å². The van der Waals surface area contributed by atoms with Crippen LogP contribution >= 0.6 is 23.2 Å². The molecule has 3 nitrogen and oxygen atoms in total. The fourth-order valence-corrected chi connectivity index (χ4v) is 4.87. The number of allylic oxidation sites excluding steroid dienone is 2. The van der Waals surface area contributed by atoms with Crippen LogP contribution in [-0.4, -0.2) is 40.0 Å². The van der Waals surface area contributed by atoms with Crippen molar-refractivity contribution >= 4 is 29.2 Å². The average molecular weight is 316 g/mol. The molecule has 0 saturated carbocycles. The Labute approximate surface area is 129 Å². The third-order valence-electron chi connectivity index (χ3n) is 5.17. The molecule has 0 aromatic carbocycles. The monoisotopic (exact) mass is 315 g/mol. The predicted octanol–water partition coefficient (Wildman–Crippen LogP) is 3.37. The summed E-state index contributed by atoms with van der Waals surface area (Å²) in [5.41, 5.74) is 0.225. The number of carboxylic acids is 1. The summed E-state index contributed by atoms with van der Waals surface area (Å²) >= 11 is 12.9. The second-order valence-electron chi connectivity index (χ2n) is 6.32. The van der Waals surface area contributed by atoms with Gasteiger partial charge in [-0.15, -0.1) is 11.6 Å². The van der Waals surface area contributed by atoms with E-state index in [1.165, 1.54) is 18.9 Å². The van der Waals surface area contributed by atoms with Crippen molar-refractivity contribution in [2.45, 2.75) is 49.1 Å². The standard InChI is InChI=1S/C15H19Cl2NO2/c1-18-12-2-3-13(18)6-10(5-12)15(17)7-9(14(19)20)4-11(16)8-15/h4,7,10,12-13H,2-3,5-6,8H2,1H3,(H,19,20). The van der Waals surface area contributed by atoms with Gasteiger partial charge in [-0.2, -0.15) is 0 Å². The number of aliphatic carboxylic acids is 1. The highest BCUT2D eigenvalue weighted by molar-refractivity contribution is 6.33. The van der Waals surface area contributed by atoms with Crippen molar-refractivity contribution in [3.63, 3.8) is 0 Å². The summed E-state index contributed by atoms with van der Waals surface area (Å²) in [6.45, 7) is 0. The van der Waals surface area contributed by atoms with Gasteiger partial charge in [0.25, 0.3) is 0 Å². The van der Waals surface area contributed by atoms with E-state index in [9.17, 15) is 9.90 Å². The Morgan fingerprint density at radius 2 is 2.00 bits per heavy atom. The molecule has 2 heterocycles. The van der Waals surface area contributed by atoms with Crippen LogP contribution in [0.25, 0.3) is 0 Å². The lowest BCUT2D eigenvalue weighted by molar-refractivity contribution is -0.132. The number of carboxylic acid groups (broad SMARTS) is 1. The van der Waals surface area contributed by atoms with Crippen LogP contribution in [0.15, 0.2) is 22.8 Å². The molecule has 1 N–H and O–H groups in total. The molecule has 0 aromatic heterocycles. The summed E-state index contributed by atoms with van der Waals surface area (Å²) in [5, 5.41) is 9.75. The molecule has 2 bridgehead atoms. The fourth-order valence-electron chi connectivity index (χ4n) is 4.02. The van der Waals surface area contributed by atoms with Crippen molar-refractivity contribution in [1.82, 2.24) is 4.90 Å². The van der Waals surface area contributed by atoms with E-state index in [4.69, 9.17) is 23.2 Å². The maximum Gasteiger partial charge on any atom is 0.335 e. The van der Waals surface area contributed by atoms with Crippen LogP contribution in [0.4, 0.5) is 0 Å². The summed E-state index contributed by atoms with van der Waals surface area (Å²) in [7, 11) is 2.19. The van der Waals surface area contributed by atoms with Crippen LogP contribution in [0.2, 0.25) is 0 Å². The van der Waals surface area contributed by atoms with Gasteiger partial charge in [-0.3, -0.25) is 0 Å². The summed E-state index contributed by atoms with van der Waals surface area (Å²) < 4.78 is 0. The summed E-state index contributed by atoms with van der Waals surface area (Å²) in [6, 6.07) is 1.17. The Morgan fingerprint density at radius 1 is 1.40 bits per heavy atom. The molecule has 3 atom stereocenters. The van der Waals surface area contributed by atoms with Crippen molar-refractivity contribution in [2.24, 2.45) is 5.92 Å². The van der Waals surface area contributed by atoms with Crippen molar-refractivity contribution in [3.05, 3.63) is 22.8 Å². The Balaban J connectivity index is 1.86. The highest BCUT2D eigenvalue weighted by Gasteiger charge is 2.47. The summed E-state index contributed by atoms with van der Waals surface area (Å²) in [4.78, 5) is 13.0. The summed E-state index contributed by atoms with van der Waals surface area (Å²) in [6.07, 6.45) is 8.30. The molecular weight excluding hydrogens is 297 g/mol. The lowest BCUT2D eigenvalue weighted by Gasteiger charge is -2.43. The Morgan fingerprint density at radius 3 is 2.55 bits per heavy atom. The third-order valence-corrected chi connectivity index (χ3v) is 5.97. The normalized spacial score (nSPS) is 41.2. The minimum atomic E-state index is -0.955. The average Bonchev–Trinajstić information content (AvgIpc) is 2.61. The Kier molecular flexibility index (Phi) is 3.64. The van der Waals surface area contributed by atoms with Gasteiger partial charge in [0.2, 0.25) is 0 Å². The molecule has 5 heteroatoms. The van der Waals surface area contributed by atoms with Crippen LogP contribution in [0.3, 0.4) is 0 Å². The topological polar surface area (TPSA) is 40.5 Å². The number of piperidine rings is 1. The van der Waals surface area contributed by atoms with Gasteiger partial charge in [0.15, 0.2) is 0 Å². The van der Waals surface area contributed by atoms with E-state index in [0.717, 1.165) is 12.8 Å². The zero-order valence-corrected chi connectivity index (χ0v) is 13.0. The van der Waals surface area contributed by atoms with Crippen molar-refractivity contribution < 1.29 is 9.90 Å². The van der Waals surface area contributed by atoms with Gasteiger partial charge in [-0.05, 0) is 50.8 Å². The number of fused-ring (bicyclic) bond motifs is 2. The fraction of sp³-hybridized carbons (Fsp3) is 0.667. The largest absolute Gasteiger partial charge is 0.478 e. The first kappa shape index (κ1) is 14.4. The van der Waals surface area contributed by atoms with E-state index < -0.39 is 10.8 Å². The zero-order chi connectivity index (χ0) is 14.5. The van der Waals surface area contributed by atoms with E-state index in [0.29, 0.717) is 29.5 Å². The van der Waals surface area contributed by atoms with Gasteiger partial charge >= 0.3 is 5.97 Å². The highest BCUT2D eigenvalue weighted by Crippen LogP contribution is 2.49. The molecule has 2 saturated heterocycles. The molecule has 0 aromatic rings. The molecule has 1 aliphatic carbocycles. The highest BCUT2D eigenvalue weighted by atomic mass is 35.5. The zero-order valence-electron chi connectivity index (χ0n) is 11.5. The Bertz CT molecular complexity index is 488. The molecule has 3 rings (SSSR count). The van der Waals surface area contributed by atoms with E-state index in [1.54, 1.807) is 6.08 Å². The Hall–Kier alpha value is -0.510. The van der Waals surface area contributed by atoms with Crippen LogP contribution < -0.4 is 0 Å². The third kappa shape index (κ3) is 2.40. The number of rotatable bonds is 2. The molecular formula is C15H19Cl2NO2. The predicted molar refractivity (Wildman–Crippen MR) is 80.2 cm³/mol. The number of nitrogens with zero attached hydrogens (tertiary/aromatic N) is 1. The van der Waals surface area contributed by atoms with E-state index in [-0.39, 0.29) is 5.57 Å². The molecule has 0 spiro atoms. The van der Waals surface area contributed by atoms with Gasteiger partial charge < -0.3 is 10.0 Å². The van der Waals surface area contributed by atoms with Gasteiger partial charge in [-0.1, -0.05) is 11.6 Å². The smallest absolute Gasteiger partial charge is 0.335 e. The molecule has 110 valence electrons. The number of alkyl halides is 1. The molecule has 2 fully saturated rings. The van der Waals surface area contributed by atoms with Crippen molar-refractivity contribution in [3.8, 4) is 0 Å². The molecule has 0 amide bonds. The van der Waals surface area contributed by atoms with Crippen LogP contribution in [0.5, 0.6) is 0 Å². The first-order valence-electron chi connectivity index (χ1n) is 7.12. The second kappa shape index (κ2) is 5.04. The molecule has 20 heavy (non-hydrogen) atoms. The maximum absolute atomic E-state index is 11.2. The first-order valence-corrected chi connectivity index (χ1v) is 7.88. The molecule has 0 radical (unpaired) electrons. The first-order chi connectivity index (χ1) is 9.39. The number of hydrogen-bond acceptors (Lipinski definition) is 2. The number of hydrogen-bond donors (Lipinski definition) is 1. The maximum atomic E-state index is 11.2.